The number of rotatable bonds is 55. The highest BCUT2D eigenvalue weighted by Crippen LogP contribution is 2.18. The smallest absolute Gasteiger partial charge is 0.306 e. The maximum absolute atomic E-state index is 12.9. The van der Waals surface area contributed by atoms with Gasteiger partial charge in [-0.15, -0.1) is 0 Å². The van der Waals surface area contributed by atoms with Crippen molar-refractivity contribution in [2.24, 2.45) is 5.92 Å². The van der Waals surface area contributed by atoms with Gasteiger partial charge in [0.2, 0.25) is 0 Å². The third-order valence-electron chi connectivity index (χ3n) is 13.8. The van der Waals surface area contributed by atoms with Crippen molar-refractivity contribution in [3.8, 4) is 0 Å². The number of hydrogen-bond donors (Lipinski definition) is 0. The summed E-state index contributed by atoms with van der Waals surface area (Å²) in [5.74, 6) is -0.0158. The summed E-state index contributed by atoms with van der Waals surface area (Å²) in [7, 11) is 0. The van der Waals surface area contributed by atoms with Crippen LogP contribution >= 0.6 is 0 Å². The van der Waals surface area contributed by atoms with Crippen LogP contribution in [0.25, 0.3) is 0 Å². The topological polar surface area (TPSA) is 78.9 Å². The Morgan fingerprint density at radius 2 is 0.500 bits per heavy atom. The van der Waals surface area contributed by atoms with Crippen LogP contribution in [0.1, 0.15) is 342 Å². The van der Waals surface area contributed by atoms with Crippen molar-refractivity contribution in [2.75, 3.05) is 13.2 Å². The molecule has 0 spiro atoms. The predicted octanol–water partition coefficient (Wildman–Crippen LogP) is 19.8. The molecule has 392 valence electrons. The van der Waals surface area contributed by atoms with E-state index in [2.05, 4.69) is 27.7 Å². The molecule has 0 radical (unpaired) electrons. The Bertz CT molecular complexity index is 996. The molecule has 0 saturated carbocycles. The SMILES string of the molecule is CCCCCCCCCCCCCCCCCCCCCC(=O)OC[C@H](COC(=O)CCCCCCCCCCCCC(C)C)OC(=O)CCCCCCCCCCCCCCCCCC. The van der Waals surface area contributed by atoms with Crippen molar-refractivity contribution in [3.05, 3.63) is 0 Å². The molecular weight excluding hydrogens is 817 g/mol. The first kappa shape index (κ1) is 64.4. The van der Waals surface area contributed by atoms with Crippen LogP contribution in [-0.4, -0.2) is 37.2 Å². The quantitative estimate of drug-likeness (QED) is 0.0343. The van der Waals surface area contributed by atoms with Crippen LogP contribution in [0.2, 0.25) is 0 Å². The van der Waals surface area contributed by atoms with Crippen molar-refractivity contribution in [2.45, 2.75) is 348 Å². The Morgan fingerprint density at radius 1 is 0.288 bits per heavy atom. The highest BCUT2D eigenvalue weighted by atomic mass is 16.6. The van der Waals surface area contributed by atoms with Crippen LogP contribution in [0, 0.1) is 5.92 Å². The molecule has 0 heterocycles. The second-order valence-corrected chi connectivity index (χ2v) is 21.1. The van der Waals surface area contributed by atoms with E-state index in [9.17, 15) is 14.4 Å². The Kier molecular flexibility index (Phi) is 53.0. The summed E-state index contributed by atoms with van der Waals surface area (Å²) in [6, 6.07) is 0. The summed E-state index contributed by atoms with van der Waals surface area (Å²) >= 11 is 0. The first-order valence-corrected chi connectivity index (χ1v) is 29.9. The Morgan fingerprint density at radius 3 is 0.742 bits per heavy atom. The maximum atomic E-state index is 12.9. The van der Waals surface area contributed by atoms with Crippen LogP contribution < -0.4 is 0 Å². The first-order chi connectivity index (χ1) is 32.4. The lowest BCUT2D eigenvalue weighted by Crippen LogP contribution is -2.30. The van der Waals surface area contributed by atoms with Crippen LogP contribution in [0.15, 0.2) is 0 Å². The highest BCUT2D eigenvalue weighted by molar-refractivity contribution is 5.71. The molecule has 0 fully saturated rings. The molecule has 0 amide bonds. The van der Waals surface area contributed by atoms with E-state index in [1.165, 1.54) is 238 Å². The normalized spacial score (nSPS) is 12.0. The van der Waals surface area contributed by atoms with Gasteiger partial charge in [-0.05, 0) is 25.2 Å². The molecule has 0 aromatic carbocycles. The van der Waals surface area contributed by atoms with E-state index in [0.717, 1.165) is 63.7 Å². The van der Waals surface area contributed by atoms with Crippen LogP contribution in [0.5, 0.6) is 0 Å². The molecule has 6 nitrogen and oxygen atoms in total. The van der Waals surface area contributed by atoms with Crippen molar-refractivity contribution in [1.29, 1.82) is 0 Å². The first-order valence-electron chi connectivity index (χ1n) is 29.9. The molecule has 0 saturated heterocycles. The molecule has 6 heteroatoms. The standard InChI is InChI=1S/C60H116O6/c1-5-7-9-11-13-15-17-19-21-23-24-25-27-28-30-35-39-43-47-51-58(61)64-54-57(55-65-59(62)52-48-44-40-36-33-32-34-38-42-46-50-56(3)4)66-60(63)53-49-45-41-37-31-29-26-22-20-18-16-14-12-10-8-6-2/h56-57H,5-55H2,1-4H3/t57-/m1/s1. The van der Waals surface area contributed by atoms with Crippen molar-refractivity contribution >= 4 is 17.9 Å². The van der Waals surface area contributed by atoms with Gasteiger partial charge in [0, 0.05) is 19.3 Å². The lowest BCUT2D eigenvalue weighted by Gasteiger charge is -2.18. The number of esters is 3. The van der Waals surface area contributed by atoms with Crippen LogP contribution in [0.3, 0.4) is 0 Å². The molecule has 1 atom stereocenters. The zero-order valence-corrected chi connectivity index (χ0v) is 45.2. The zero-order valence-electron chi connectivity index (χ0n) is 45.2. The van der Waals surface area contributed by atoms with Crippen LogP contribution in [-0.2, 0) is 28.6 Å². The number of unbranched alkanes of at least 4 members (excludes halogenated alkanes) is 42. The molecule has 0 bridgehead atoms. The van der Waals surface area contributed by atoms with Gasteiger partial charge in [0.25, 0.3) is 0 Å². The van der Waals surface area contributed by atoms with Gasteiger partial charge in [-0.25, -0.2) is 0 Å². The van der Waals surface area contributed by atoms with E-state index >= 15 is 0 Å². The highest BCUT2D eigenvalue weighted by Gasteiger charge is 2.19. The predicted molar refractivity (Wildman–Crippen MR) is 284 cm³/mol. The molecule has 0 aromatic heterocycles. The van der Waals surface area contributed by atoms with Gasteiger partial charge in [-0.2, -0.15) is 0 Å². The summed E-state index contributed by atoms with van der Waals surface area (Å²) in [5, 5.41) is 0. The van der Waals surface area contributed by atoms with E-state index in [0.29, 0.717) is 19.3 Å². The van der Waals surface area contributed by atoms with Gasteiger partial charge in [0.1, 0.15) is 13.2 Å². The van der Waals surface area contributed by atoms with Gasteiger partial charge in [0.15, 0.2) is 6.10 Å². The van der Waals surface area contributed by atoms with Gasteiger partial charge >= 0.3 is 17.9 Å². The Balaban J connectivity index is 4.27. The molecule has 0 aliphatic rings. The third kappa shape index (κ3) is 53.4. The second kappa shape index (κ2) is 54.4. The van der Waals surface area contributed by atoms with Gasteiger partial charge in [0.05, 0.1) is 0 Å². The van der Waals surface area contributed by atoms with Crippen molar-refractivity contribution in [1.82, 2.24) is 0 Å². The minimum absolute atomic E-state index is 0.0618. The number of carbonyl (C=O) groups is 3. The maximum Gasteiger partial charge on any atom is 0.306 e. The summed E-state index contributed by atoms with van der Waals surface area (Å²) in [4.78, 5) is 38.2. The molecule has 0 unspecified atom stereocenters. The average molecular weight is 934 g/mol. The van der Waals surface area contributed by atoms with E-state index in [-0.39, 0.29) is 31.1 Å². The molecular formula is C60H116O6. The number of ether oxygens (including phenoxy) is 3. The van der Waals surface area contributed by atoms with Crippen molar-refractivity contribution < 1.29 is 28.6 Å². The molecule has 0 aromatic rings. The fourth-order valence-corrected chi connectivity index (χ4v) is 9.28. The lowest BCUT2D eigenvalue weighted by atomic mass is 10.0. The largest absolute Gasteiger partial charge is 0.462 e. The minimum atomic E-state index is -0.762. The molecule has 66 heavy (non-hydrogen) atoms. The van der Waals surface area contributed by atoms with E-state index in [4.69, 9.17) is 14.2 Å². The molecule has 0 rings (SSSR count). The van der Waals surface area contributed by atoms with Gasteiger partial charge in [-0.1, -0.05) is 304 Å². The fourth-order valence-electron chi connectivity index (χ4n) is 9.28. The van der Waals surface area contributed by atoms with E-state index < -0.39 is 6.10 Å². The van der Waals surface area contributed by atoms with Crippen molar-refractivity contribution in [3.63, 3.8) is 0 Å². The number of carbonyl (C=O) groups excluding carboxylic acids is 3. The van der Waals surface area contributed by atoms with E-state index in [1.54, 1.807) is 0 Å². The third-order valence-corrected chi connectivity index (χ3v) is 13.8. The summed E-state index contributed by atoms with van der Waals surface area (Å²) in [6.07, 6.45) is 59.6. The summed E-state index contributed by atoms with van der Waals surface area (Å²) < 4.78 is 16.9. The molecule has 0 N–H and O–H groups in total. The van der Waals surface area contributed by atoms with E-state index in [1.807, 2.05) is 0 Å². The van der Waals surface area contributed by atoms with Crippen LogP contribution in [0.4, 0.5) is 0 Å². The monoisotopic (exact) mass is 933 g/mol. The summed E-state index contributed by atoms with van der Waals surface area (Å²) in [5.41, 5.74) is 0. The lowest BCUT2D eigenvalue weighted by molar-refractivity contribution is -0.167. The second-order valence-electron chi connectivity index (χ2n) is 21.1. The zero-order chi connectivity index (χ0) is 48.1. The minimum Gasteiger partial charge on any atom is -0.462 e. The summed E-state index contributed by atoms with van der Waals surface area (Å²) in [6.45, 7) is 9.05. The molecule has 0 aliphatic carbocycles. The number of hydrogen-bond acceptors (Lipinski definition) is 6. The Hall–Kier alpha value is -1.59. The fraction of sp³-hybridized carbons (Fsp3) is 0.950. The average Bonchev–Trinajstić information content (AvgIpc) is 3.30. The van der Waals surface area contributed by atoms with Gasteiger partial charge in [-0.3, -0.25) is 14.4 Å². The molecule has 0 aliphatic heterocycles. The van der Waals surface area contributed by atoms with Gasteiger partial charge < -0.3 is 14.2 Å². The Labute approximate surface area is 412 Å².